The van der Waals surface area contributed by atoms with Gasteiger partial charge in [0.15, 0.2) is 5.69 Å². The van der Waals surface area contributed by atoms with E-state index in [1.165, 1.54) is 0 Å². The number of aliphatic hydroxyl groups excluding tert-OH is 1. The van der Waals surface area contributed by atoms with Crippen molar-refractivity contribution in [2.75, 3.05) is 31.6 Å². The molecule has 31 heavy (non-hydrogen) atoms. The minimum absolute atomic E-state index is 0.0446. The van der Waals surface area contributed by atoms with E-state index >= 15 is 0 Å². The van der Waals surface area contributed by atoms with Crippen molar-refractivity contribution in [1.82, 2.24) is 20.4 Å². The van der Waals surface area contributed by atoms with Crippen molar-refractivity contribution in [3.8, 4) is 0 Å². The highest BCUT2D eigenvalue weighted by Crippen LogP contribution is 2.60. The predicted molar refractivity (Wildman–Crippen MR) is 119 cm³/mol. The molecule has 1 heterocycles. The third-order valence-corrected chi connectivity index (χ3v) is 7.89. The number of aromatic nitrogens is 2. The average Bonchev–Trinajstić information content (AvgIpc) is 3.02. The Balaban J connectivity index is 1.49. The van der Waals surface area contributed by atoms with Gasteiger partial charge >= 0.3 is 0 Å². The van der Waals surface area contributed by atoms with Crippen molar-refractivity contribution < 1.29 is 14.7 Å². The Kier molecular flexibility index (Phi) is 6.23. The lowest BCUT2D eigenvalue weighted by molar-refractivity contribution is -0.149. The van der Waals surface area contributed by atoms with Crippen molar-refractivity contribution in [3.05, 3.63) is 10.7 Å². The Morgan fingerprint density at radius 1 is 1.29 bits per heavy atom. The van der Waals surface area contributed by atoms with Gasteiger partial charge in [-0.3, -0.25) is 14.3 Å². The van der Waals surface area contributed by atoms with Crippen molar-refractivity contribution in [3.63, 3.8) is 0 Å². The van der Waals surface area contributed by atoms with Crippen LogP contribution < -0.4 is 15.5 Å². The molecular weight excluding hydrogens is 418 g/mol. The number of anilines is 1. The highest BCUT2D eigenvalue weighted by atomic mass is 35.5. The molecule has 3 N–H and O–H groups in total. The van der Waals surface area contributed by atoms with E-state index in [0.717, 1.165) is 50.9 Å². The topological polar surface area (TPSA) is 99.5 Å². The molecule has 4 aliphatic rings. The van der Waals surface area contributed by atoms with E-state index in [4.69, 9.17) is 16.7 Å². The highest BCUT2D eigenvalue weighted by Gasteiger charge is 2.58. The van der Waals surface area contributed by atoms with Crippen molar-refractivity contribution in [1.29, 1.82) is 0 Å². The molecule has 2 amide bonds. The minimum Gasteiger partial charge on any atom is -0.395 e. The van der Waals surface area contributed by atoms with Crippen LogP contribution in [0.1, 0.15) is 55.9 Å². The fraction of sp³-hybridized carbons (Fsp3) is 0.773. The zero-order valence-electron chi connectivity index (χ0n) is 18.7. The number of aliphatic hydroxyl groups is 1. The van der Waals surface area contributed by atoms with Crippen LogP contribution in [-0.2, 0) is 11.8 Å². The van der Waals surface area contributed by atoms with Gasteiger partial charge in [0.25, 0.3) is 5.91 Å². The van der Waals surface area contributed by atoms with Gasteiger partial charge in [0, 0.05) is 33.2 Å². The quantitative estimate of drug-likeness (QED) is 0.561. The van der Waals surface area contributed by atoms with E-state index in [0.29, 0.717) is 29.3 Å². The summed E-state index contributed by atoms with van der Waals surface area (Å²) >= 11 is 6.58. The van der Waals surface area contributed by atoms with Gasteiger partial charge in [-0.2, -0.15) is 5.10 Å². The number of aryl methyl sites for hydroxylation is 1. The Hall–Kier alpha value is -1.80. The molecule has 9 heteroatoms. The molecule has 0 aromatic carbocycles. The Morgan fingerprint density at radius 3 is 2.58 bits per heavy atom. The summed E-state index contributed by atoms with van der Waals surface area (Å²) < 4.78 is 1.67. The van der Waals surface area contributed by atoms with Gasteiger partial charge in [0.05, 0.1) is 12.0 Å². The van der Waals surface area contributed by atoms with Gasteiger partial charge in [0.2, 0.25) is 5.91 Å². The second-order valence-corrected chi connectivity index (χ2v) is 10.1. The molecule has 4 bridgehead atoms. The van der Waals surface area contributed by atoms with Crippen LogP contribution in [0, 0.1) is 23.2 Å². The zero-order chi connectivity index (χ0) is 22.3. The fourth-order valence-corrected chi connectivity index (χ4v) is 7.00. The molecule has 5 rings (SSSR count). The first-order valence-corrected chi connectivity index (χ1v) is 11.8. The number of rotatable bonds is 8. The fourth-order valence-electron chi connectivity index (χ4n) is 6.60. The van der Waals surface area contributed by atoms with Gasteiger partial charge in [-0.05, 0) is 56.3 Å². The molecule has 0 aliphatic heterocycles. The monoisotopic (exact) mass is 451 g/mol. The lowest BCUT2D eigenvalue weighted by Crippen LogP contribution is -2.62. The van der Waals surface area contributed by atoms with Gasteiger partial charge in [0.1, 0.15) is 10.8 Å². The van der Waals surface area contributed by atoms with E-state index in [1.807, 2.05) is 19.0 Å². The van der Waals surface area contributed by atoms with Crippen molar-refractivity contribution in [2.45, 2.75) is 51.5 Å². The van der Waals surface area contributed by atoms with E-state index in [1.54, 1.807) is 4.68 Å². The zero-order valence-corrected chi connectivity index (χ0v) is 19.4. The molecule has 1 aromatic rings. The number of halogens is 1. The summed E-state index contributed by atoms with van der Waals surface area (Å²) in [7, 11) is 3.76. The van der Waals surface area contributed by atoms with Crippen LogP contribution in [0.2, 0.25) is 5.02 Å². The summed E-state index contributed by atoms with van der Waals surface area (Å²) in [6.45, 7) is 3.18. The van der Waals surface area contributed by atoms with Crippen molar-refractivity contribution >= 4 is 29.2 Å². The molecule has 0 radical (unpaired) electrons. The Bertz CT molecular complexity index is 840. The van der Waals surface area contributed by atoms with Crippen LogP contribution in [0.4, 0.5) is 5.82 Å². The maximum Gasteiger partial charge on any atom is 0.273 e. The molecule has 1 aromatic heterocycles. The summed E-state index contributed by atoms with van der Waals surface area (Å²) in [5.41, 5.74) is -0.0719. The number of hydrogen-bond acceptors (Lipinski definition) is 5. The molecule has 4 fully saturated rings. The third kappa shape index (κ3) is 3.93. The highest BCUT2D eigenvalue weighted by molar-refractivity contribution is 6.36. The van der Waals surface area contributed by atoms with Crippen LogP contribution in [0.25, 0.3) is 0 Å². The molecular formula is C22H34ClN5O3. The molecule has 0 spiro atoms. The number of carbonyl (C=O) groups is 2. The van der Waals surface area contributed by atoms with Gasteiger partial charge in [-0.25, -0.2) is 0 Å². The van der Waals surface area contributed by atoms with Gasteiger partial charge < -0.3 is 20.6 Å². The SMILES string of the molecule is CCCN(C)c1c(Cl)c(C(=O)NC2C3CC4CC2CC(C(=O)NCCO)(C4)C3)nn1C. The summed E-state index contributed by atoms with van der Waals surface area (Å²) in [6, 6.07) is 0.0534. The van der Waals surface area contributed by atoms with Crippen molar-refractivity contribution in [2.24, 2.45) is 30.2 Å². The molecule has 4 aliphatic carbocycles. The minimum atomic E-state index is -0.342. The smallest absolute Gasteiger partial charge is 0.273 e. The number of hydrogen-bond donors (Lipinski definition) is 3. The normalized spacial score (nSPS) is 31.0. The first-order chi connectivity index (χ1) is 14.8. The molecule has 0 saturated heterocycles. The Labute approximate surface area is 188 Å². The second-order valence-electron chi connectivity index (χ2n) is 9.76. The van der Waals surface area contributed by atoms with Crippen LogP contribution in [-0.4, -0.2) is 59.5 Å². The van der Waals surface area contributed by atoms with Crippen LogP contribution in [0.5, 0.6) is 0 Å². The molecule has 172 valence electrons. The Morgan fingerprint density at radius 2 is 1.97 bits per heavy atom. The van der Waals surface area contributed by atoms with E-state index in [-0.39, 0.29) is 35.6 Å². The van der Waals surface area contributed by atoms with Gasteiger partial charge in [-0.15, -0.1) is 0 Å². The summed E-state index contributed by atoms with van der Waals surface area (Å²) in [5, 5.41) is 20.0. The lowest BCUT2D eigenvalue weighted by Gasteiger charge is -2.59. The second kappa shape index (κ2) is 8.62. The molecule has 8 nitrogen and oxygen atoms in total. The molecule has 2 unspecified atom stereocenters. The maximum absolute atomic E-state index is 13.2. The summed E-state index contributed by atoms with van der Waals surface area (Å²) in [5.74, 6) is 1.71. The summed E-state index contributed by atoms with van der Waals surface area (Å²) in [4.78, 5) is 28.0. The standard InChI is InChI=1S/C22H34ClN5O3/c1-4-6-27(2)20-16(23)18(26-28(20)3)19(30)25-17-14-8-13-9-15(17)12-22(10-13,11-14)21(31)24-5-7-29/h13-15,17,29H,4-12H2,1-3H3,(H,24,31)(H,25,30). The van der Waals surface area contributed by atoms with E-state index < -0.39 is 0 Å². The number of nitrogens with one attached hydrogen (secondary N) is 2. The predicted octanol–water partition coefficient (Wildman–Crippen LogP) is 1.95. The van der Waals surface area contributed by atoms with E-state index in [2.05, 4.69) is 22.7 Å². The van der Waals surface area contributed by atoms with Crippen LogP contribution >= 0.6 is 11.6 Å². The van der Waals surface area contributed by atoms with Crippen LogP contribution in [0.15, 0.2) is 0 Å². The number of nitrogens with zero attached hydrogens (tertiary/aromatic N) is 3. The number of amides is 2. The largest absolute Gasteiger partial charge is 0.395 e. The first-order valence-electron chi connectivity index (χ1n) is 11.4. The molecule has 2 atom stereocenters. The first kappa shape index (κ1) is 22.4. The van der Waals surface area contributed by atoms with Crippen LogP contribution in [0.3, 0.4) is 0 Å². The summed E-state index contributed by atoms with van der Waals surface area (Å²) in [6.07, 6.45) is 5.59. The lowest BCUT2D eigenvalue weighted by atomic mass is 9.47. The van der Waals surface area contributed by atoms with Gasteiger partial charge in [-0.1, -0.05) is 18.5 Å². The number of carbonyl (C=O) groups excluding carboxylic acids is 2. The van der Waals surface area contributed by atoms with E-state index in [9.17, 15) is 9.59 Å². The average molecular weight is 452 g/mol. The molecule has 4 saturated carbocycles. The third-order valence-electron chi connectivity index (χ3n) is 7.55. The maximum atomic E-state index is 13.2.